The molecule has 0 aromatic carbocycles. The number of thiazole rings is 1. The monoisotopic (exact) mass is 238 g/mol. The molecule has 88 valence electrons. The Labute approximate surface area is 100 Å². The van der Waals surface area contributed by atoms with Crippen molar-refractivity contribution in [2.45, 2.75) is 37.8 Å². The summed E-state index contributed by atoms with van der Waals surface area (Å²) in [6, 6.07) is 0.791. The highest BCUT2D eigenvalue weighted by Gasteiger charge is 2.31. The Bertz CT molecular complexity index is 324. The second-order valence-corrected chi connectivity index (χ2v) is 5.67. The standard InChI is InChI=1S/C12H18N2OS/c1-2-9(8-14-10-3-4-10)11(15-6-1)12-13-5-7-16-12/h5,7,9-11,14H,1-4,6,8H2. The van der Waals surface area contributed by atoms with Crippen molar-refractivity contribution in [3.8, 4) is 0 Å². The molecule has 3 nitrogen and oxygen atoms in total. The zero-order valence-electron chi connectivity index (χ0n) is 9.39. The molecule has 2 heterocycles. The topological polar surface area (TPSA) is 34.1 Å². The van der Waals surface area contributed by atoms with Crippen molar-refractivity contribution < 1.29 is 4.74 Å². The summed E-state index contributed by atoms with van der Waals surface area (Å²) in [5.74, 6) is 0.612. The molecular weight excluding hydrogens is 220 g/mol. The van der Waals surface area contributed by atoms with Crippen molar-refractivity contribution in [2.24, 2.45) is 5.92 Å². The maximum absolute atomic E-state index is 5.90. The third-order valence-electron chi connectivity index (χ3n) is 3.39. The van der Waals surface area contributed by atoms with Gasteiger partial charge in [-0.2, -0.15) is 0 Å². The van der Waals surface area contributed by atoms with Crippen LogP contribution in [0.5, 0.6) is 0 Å². The Kier molecular flexibility index (Phi) is 3.22. The average Bonchev–Trinajstić information content (AvgIpc) is 3.00. The third-order valence-corrected chi connectivity index (χ3v) is 4.22. The predicted octanol–water partition coefficient (Wildman–Crippen LogP) is 2.36. The van der Waals surface area contributed by atoms with Crippen LogP contribution in [0.15, 0.2) is 11.6 Å². The molecule has 0 spiro atoms. The molecule has 0 radical (unpaired) electrons. The summed E-state index contributed by atoms with van der Waals surface area (Å²) in [4.78, 5) is 4.40. The number of nitrogens with one attached hydrogen (secondary N) is 1. The molecule has 4 heteroatoms. The van der Waals surface area contributed by atoms with Gasteiger partial charge in [-0.15, -0.1) is 11.3 Å². The molecule has 2 atom stereocenters. The quantitative estimate of drug-likeness (QED) is 0.874. The fraction of sp³-hybridized carbons (Fsp3) is 0.750. The van der Waals surface area contributed by atoms with E-state index in [9.17, 15) is 0 Å². The first-order valence-electron chi connectivity index (χ1n) is 6.18. The van der Waals surface area contributed by atoms with Gasteiger partial charge < -0.3 is 10.1 Å². The lowest BCUT2D eigenvalue weighted by Crippen LogP contribution is -2.32. The maximum atomic E-state index is 5.90. The smallest absolute Gasteiger partial charge is 0.122 e. The first kappa shape index (κ1) is 10.7. The number of aromatic nitrogens is 1. The molecule has 2 fully saturated rings. The fourth-order valence-corrected chi connectivity index (χ4v) is 3.08. The van der Waals surface area contributed by atoms with Crippen LogP contribution in [0, 0.1) is 5.92 Å². The van der Waals surface area contributed by atoms with Crippen LogP contribution in [-0.2, 0) is 4.74 Å². The first-order valence-corrected chi connectivity index (χ1v) is 7.06. The van der Waals surface area contributed by atoms with Crippen molar-refractivity contribution in [1.82, 2.24) is 10.3 Å². The second-order valence-electron chi connectivity index (χ2n) is 4.75. The van der Waals surface area contributed by atoms with Crippen molar-refractivity contribution in [1.29, 1.82) is 0 Å². The lowest BCUT2D eigenvalue weighted by atomic mass is 9.94. The molecule has 16 heavy (non-hydrogen) atoms. The largest absolute Gasteiger partial charge is 0.371 e. The van der Waals surface area contributed by atoms with Crippen LogP contribution >= 0.6 is 11.3 Å². The molecule has 1 saturated heterocycles. The van der Waals surface area contributed by atoms with Gasteiger partial charge in [0.1, 0.15) is 11.1 Å². The first-order chi connectivity index (χ1) is 7.93. The lowest BCUT2D eigenvalue weighted by molar-refractivity contribution is -0.0279. The van der Waals surface area contributed by atoms with E-state index in [1.807, 2.05) is 11.6 Å². The summed E-state index contributed by atoms with van der Waals surface area (Å²) in [7, 11) is 0. The summed E-state index contributed by atoms with van der Waals surface area (Å²) in [5.41, 5.74) is 0. The number of ether oxygens (including phenoxy) is 1. The van der Waals surface area contributed by atoms with Crippen LogP contribution in [0.4, 0.5) is 0 Å². The molecular formula is C12H18N2OS. The molecule has 2 unspecified atom stereocenters. The lowest BCUT2D eigenvalue weighted by Gasteiger charge is -2.30. The van der Waals surface area contributed by atoms with Crippen molar-refractivity contribution in [3.05, 3.63) is 16.6 Å². The highest BCUT2D eigenvalue weighted by atomic mass is 32.1. The van der Waals surface area contributed by atoms with Gasteiger partial charge in [-0.05, 0) is 25.7 Å². The van der Waals surface area contributed by atoms with Gasteiger partial charge in [0, 0.05) is 36.7 Å². The zero-order chi connectivity index (χ0) is 10.8. The molecule has 1 N–H and O–H groups in total. The Balaban J connectivity index is 1.63. The van der Waals surface area contributed by atoms with Gasteiger partial charge in [0.05, 0.1) is 0 Å². The molecule has 1 saturated carbocycles. The van der Waals surface area contributed by atoms with Gasteiger partial charge in [0.2, 0.25) is 0 Å². The van der Waals surface area contributed by atoms with Gasteiger partial charge >= 0.3 is 0 Å². The summed E-state index contributed by atoms with van der Waals surface area (Å²) < 4.78 is 5.90. The molecule has 1 aromatic rings. The van der Waals surface area contributed by atoms with Gasteiger partial charge in [0.25, 0.3) is 0 Å². The van der Waals surface area contributed by atoms with E-state index < -0.39 is 0 Å². The Hall–Kier alpha value is -0.450. The Morgan fingerprint density at radius 2 is 2.38 bits per heavy atom. The molecule has 1 aliphatic heterocycles. The van der Waals surface area contributed by atoms with Crippen LogP contribution in [0.1, 0.15) is 36.8 Å². The number of hydrogen-bond acceptors (Lipinski definition) is 4. The summed E-state index contributed by atoms with van der Waals surface area (Å²) in [6.07, 6.45) is 7.29. The molecule has 1 aliphatic carbocycles. The van der Waals surface area contributed by atoms with Crippen LogP contribution in [0.3, 0.4) is 0 Å². The minimum atomic E-state index is 0.236. The highest BCUT2D eigenvalue weighted by Crippen LogP contribution is 2.34. The average molecular weight is 238 g/mol. The number of hydrogen-bond donors (Lipinski definition) is 1. The molecule has 0 bridgehead atoms. The van der Waals surface area contributed by atoms with E-state index >= 15 is 0 Å². The van der Waals surface area contributed by atoms with Crippen LogP contribution in [-0.4, -0.2) is 24.2 Å². The van der Waals surface area contributed by atoms with E-state index in [2.05, 4.69) is 10.3 Å². The summed E-state index contributed by atoms with van der Waals surface area (Å²) in [5, 5.41) is 6.81. The Morgan fingerprint density at radius 1 is 1.44 bits per heavy atom. The second kappa shape index (κ2) is 4.82. The molecule has 0 amide bonds. The van der Waals surface area contributed by atoms with E-state index in [0.717, 1.165) is 24.2 Å². The summed E-state index contributed by atoms with van der Waals surface area (Å²) >= 11 is 1.72. The van der Waals surface area contributed by atoms with Crippen molar-refractivity contribution in [2.75, 3.05) is 13.2 Å². The van der Waals surface area contributed by atoms with E-state index in [1.54, 1.807) is 11.3 Å². The molecule has 1 aromatic heterocycles. The minimum Gasteiger partial charge on any atom is -0.371 e. The van der Waals surface area contributed by atoms with Crippen molar-refractivity contribution in [3.63, 3.8) is 0 Å². The van der Waals surface area contributed by atoms with Gasteiger partial charge in [-0.1, -0.05) is 0 Å². The number of rotatable bonds is 4. The van der Waals surface area contributed by atoms with Crippen LogP contribution < -0.4 is 5.32 Å². The molecule has 2 aliphatic rings. The van der Waals surface area contributed by atoms with Crippen LogP contribution in [0.2, 0.25) is 0 Å². The van der Waals surface area contributed by atoms with E-state index in [-0.39, 0.29) is 6.10 Å². The normalized spacial score (nSPS) is 30.5. The van der Waals surface area contributed by atoms with E-state index in [0.29, 0.717) is 5.92 Å². The van der Waals surface area contributed by atoms with Crippen LogP contribution in [0.25, 0.3) is 0 Å². The van der Waals surface area contributed by atoms with E-state index in [1.165, 1.54) is 25.7 Å². The maximum Gasteiger partial charge on any atom is 0.122 e. The zero-order valence-corrected chi connectivity index (χ0v) is 10.2. The fourth-order valence-electron chi connectivity index (χ4n) is 2.31. The highest BCUT2D eigenvalue weighted by molar-refractivity contribution is 7.09. The SMILES string of the molecule is c1csc(C2OCCCC2CNC2CC2)n1. The number of nitrogens with zero attached hydrogens (tertiary/aromatic N) is 1. The van der Waals surface area contributed by atoms with Gasteiger partial charge in [-0.3, -0.25) is 0 Å². The Morgan fingerprint density at radius 3 is 3.12 bits per heavy atom. The van der Waals surface area contributed by atoms with Gasteiger partial charge in [-0.25, -0.2) is 4.98 Å². The van der Waals surface area contributed by atoms with E-state index in [4.69, 9.17) is 4.74 Å². The van der Waals surface area contributed by atoms with Crippen molar-refractivity contribution >= 4 is 11.3 Å². The third kappa shape index (κ3) is 2.44. The predicted molar refractivity (Wildman–Crippen MR) is 64.6 cm³/mol. The minimum absolute atomic E-state index is 0.236. The molecule has 3 rings (SSSR count). The van der Waals surface area contributed by atoms with Gasteiger partial charge in [0.15, 0.2) is 0 Å². The summed E-state index contributed by atoms with van der Waals surface area (Å²) in [6.45, 7) is 1.99.